The highest BCUT2D eigenvalue weighted by molar-refractivity contribution is 5.91. The van der Waals surface area contributed by atoms with Gasteiger partial charge in [-0.2, -0.15) is 0 Å². The van der Waals surface area contributed by atoms with Gasteiger partial charge in [0.15, 0.2) is 5.78 Å². The molecule has 0 aromatic heterocycles. The molecule has 0 aromatic rings. The number of hydrogen-bond donors (Lipinski definition) is 0. The van der Waals surface area contributed by atoms with E-state index in [4.69, 9.17) is 0 Å². The number of rotatable bonds is 3. The molecule has 0 heterocycles. The lowest BCUT2D eigenvalue weighted by molar-refractivity contribution is -0.119. The maximum absolute atomic E-state index is 12.1. The molecule has 0 aromatic carbocycles. The van der Waals surface area contributed by atoms with E-state index in [9.17, 15) is 4.79 Å². The largest absolute Gasteiger partial charge is 0.295 e. The molecule has 0 aliphatic heterocycles. The second-order valence-electron chi connectivity index (χ2n) is 6.74. The number of carbonyl (C=O) groups excluding carboxylic acids is 1. The predicted octanol–water partition coefficient (Wildman–Crippen LogP) is 4.76. The number of carbonyl (C=O) groups is 1. The van der Waals surface area contributed by atoms with Crippen molar-refractivity contribution in [3.63, 3.8) is 0 Å². The van der Waals surface area contributed by atoms with Crippen LogP contribution in [0.15, 0.2) is 12.2 Å². The van der Waals surface area contributed by atoms with Crippen LogP contribution >= 0.6 is 0 Å². The van der Waals surface area contributed by atoms with Crippen molar-refractivity contribution in [1.29, 1.82) is 0 Å². The molecule has 1 nitrogen and oxygen atoms in total. The van der Waals surface area contributed by atoms with Crippen LogP contribution in [0.2, 0.25) is 0 Å². The lowest BCUT2D eigenvalue weighted by atomic mass is 9.80. The van der Waals surface area contributed by atoms with Gasteiger partial charge < -0.3 is 0 Å². The number of ketones is 1. The van der Waals surface area contributed by atoms with Gasteiger partial charge in [0.1, 0.15) is 0 Å². The molecule has 2 aliphatic carbocycles. The molecule has 1 heteroatoms. The predicted molar refractivity (Wildman–Crippen MR) is 76.4 cm³/mol. The van der Waals surface area contributed by atoms with Crippen molar-refractivity contribution in [1.82, 2.24) is 0 Å². The molecule has 18 heavy (non-hydrogen) atoms. The van der Waals surface area contributed by atoms with Crippen LogP contribution < -0.4 is 0 Å². The van der Waals surface area contributed by atoms with E-state index in [1.165, 1.54) is 38.5 Å². The summed E-state index contributed by atoms with van der Waals surface area (Å²) in [6, 6.07) is 0. The van der Waals surface area contributed by atoms with Crippen molar-refractivity contribution in [2.75, 3.05) is 0 Å². The molecular weight excluding hydrogens is 220 g/mol. The lowest BCUT2D eigenvalue weighted by Gasteiger charge is -2.25. The number of allylic oxidation sites excluding steroid dienone is 2. The maximum Gasteiger partial charge on any atom is 0.158 e. The van der Waals surface area contributed by atoms with Gasteiger partial charge in [-0.05, 0) is 49.5 Å². The zero-order valence-corrected chi connectivity index (χ0v) is 12.0. The lowest BCUT2D eigenvalue weighted by Crippen LogP contribution is -2.19. The molecule has 0 N–H and O–H groups in total. The first-order chi connectivity index (χ1) is 8.65. The quantitative estimate of drug-likeness (QED) is 0.658. The van der Waals surface area contributed by atoms with Crippen LogP contribution in [0.1, 0.15) is 65.2 Å². The first-order valence-corrected chi connectivity index (χ1v) is 7.87. The van der Waals surface area contributed by atoms with Gasteiger partial charge in [-0.25, -0.2) is 0 Å². The van der Waals surface area contributed by atoms with Gasteiger partial charge in [-0.1, -0.05) is 45.6 Å². The van der Waals surface area contributed by atoms with Crippen molar-refractivity contribution in [2.45, 2.75) is 65.2 Å². The molecule has 0 atom stereocenters. The fraction of sp³-hybridized carbons (Fsp3) is 0.824. The second-order valence-corrected chi connectivity index (χ2v) is 6.74. The van der Waals surface area contributed by atoms with E-state index in [0.29, 0.717) is 17.6 Å². The molecule has 102 valence electrons. The van der Waals surface area contributed by atoms with Crippen molar-refractivity contribution in [3.8, 4) is 0 Å². The Morgan fingerprint density at radius 3 is 1.89 bits per heavy atom. The average Bonchev–Trinajstić information content (AvgIpc) is 2.38. The summed E-state index contributed by atoms with van der Waals surface area (Å²) in [6.07, 6.45) is 14.1. The molecular formula is C17H28O. The molecule has 0 unspecified atom stereocenters. The first-order valence-electron chi connectivity index (χ1n) is 7.87. The monoisotopic (exact) mass is 248 g/mol. The zero-order chi connectivity index (χ0) is 13.0. The van der Waals surface area contributed by atoms with Gasteiger partial charge in [0, 0.05) is 5.92 Å². The fourth-order valence-electron chi connectivity index (χ4n) is 3.39. The summed E-state index contributed by atoms with van der Waals surface area (Å²) in [5.74, 6) is 3.14. The third-order valence-corrected chi connectivity index (χ3v) is 5.01. The average molecular weight is 248 g/mol. The smallest absolute Gasteiger partial charge is 0.158 e. The maximum atomic E-state index is 12.1. The summed E-state index contributed by atoms with van der Waals surface area (Å²) < 4.78 is 0. The molecule has 2 saturated carbocycles. The summed E-state index contributed by atoms with van der Waals surface area (Å²) in [5.41, 5.74) is 0. The molecule has 0 bridgehead atoms. The van der Waals surface area contributed by atoms with E-state index >= 15 is 0 Å². The molecule has 2 aliphatic rings. The highest BCUT2D eigenvalue weighted by Gasteiger charge is 2.23. The van der Waals surface area contributed by atoms with E-state index in [-0.39, 0.29) is 0 Å². The van der Waals surface area contributed by atoms with Gasteiger partial charge in [0.05, 0.1) is 0 Å². The topological polar surface area (TPSA) is 17.1 Å². The van der Waals surface area contributed by atoms with Crippen molar-refractivity contribution >= 4 is 5.78 Å². The Kier molecular flexibility index (Phi) is 5.03. The van der Waals surface area contributed by atoms with Crippen LogP contribution in [0.4, 0.5) is 0 Å². The summed E-state index contributed by atoms with van der Waals surface area (Å²) in [7, 11) is 0. The SMILES string of the molecule is CC1CCC(C=CC(=O)C2CCC(C)CC2)CC1. The molecule has 0 radical (unpaired) electrons. The Labute approximate surface area is 112 Å². The Morgan fingerprint density at radius 2 is 1.33 bits per heavy atom. The molecule has 0 amide bonds. The van der Waals surface area contributed by atoms with E-state index < -0.39 is 0 Å². The van der Waals surface area contributed by atoms with Crippen LogP contribution in [0, 0.1) is 23.7 Å². The Hall–Kier alpha value is -0.590. The van der Waals surface area contributed by atoms with Crippen LogP contribution in [-0.4, -0.2) is 5.78 Å². The van der Waals surface area contributed by atoms with E-state index in [2.05, 4.69) is 19.9 Å². The van der Waals surface area contributed by atoms with Crippen LogP contribution in [0.3, 0.4) is 0 Å². The van der Waals surface area contributed by atoms with Crippen LogP contribution in [0.5, 0.6) is 0 Å². The first kappa shape index (κ1) is 13.8. The minimum Gasteiger partial charge on any atom is -0.295 e. The van der Waals surface area contributed by atoms with Crippen molar-refractivity contribution in [3.05, 3.63) is 12.2 Å². The fourth-order valence-corrected chi connectivity index (χ4v) is 3.39. The summed E-state index contributed by atoms with van der Waals surface area (Å²) in [5, 5.41) is 0. The van der Waals surface area contributed by atoms with E-state index in [1.54, 1.807) is 0 Å². The zero-order valence-electron chi connectivity index (χ0n) is 12.0. The van der Waals surface area contributed by atoms with Crippen molar-refractivity contribution in [2.24, 2.45) is 23.7 Å². The Balaban J connectivity index is 1.76. The van der Waals surface area contributed by atoms with Crippen molar-refractivity contribution < 1.29 is 4.79 Å². The van der Waals surface area contributed by atoms with Gasteiger partial charge in [-0.15, -0.1) is 0 Å². The molecule has 2 rings (SSSR count). The second kappa shape index (κ2) is 6.54. The van der Waals surface area contributed by atoms with Gasteiger partial charge in [-0.3, -0.25) is 4.79 Å². The molecule has 2 fully saturated rings. The summed E-state index contributed by atoms with van der Waals surface area (Å²) >= 11 is 0. The minimum atomic E-state index is 0.333. The van der Waals surface area contributed by atoms with Crippen LogP contribution in [0.25, 0.3) is 0 Å². The van der Waals surface area contributed by atoms with Gasteiger partial charge >= 0.3 is 0 Å². The molecule has 0 saturated heterocycles. The highest BCUT2D eigenvalue weighted by Crippen LogP contribution is 2.31. The van der Waals surface area contributed by atoms with Crippen LogP contribution in [-0.2, 0) is 4.79 Å². The minimum absolute atomic E-state index is 0.333. The third kappa shape index (κ3) is 3.96. The highest BCUT2D eigenvalue weighted by atomic mass is 16.1. The third-order valence-electron chi connectivity index (χ3n) is 5.01. The Morgan fingerprint density at radius 1 is 0.833 bits per heavy atom. The summed E-state index contributed by atoms with van der Waals surface area (Å²) in [4.78, 5) is 12.1. The number of hydrogen-bond acceptors (Lipinski definition) is 1. The standard InChI is InChI=1S/C17H28O/c1-13-3-7-15(8-4-13)9-12-17(18)16-10-5-14(2)6-11-16/h9,12-16H,3-8,10-11H2,1-2H3. The summed E-state index contributed by atoms with van der Waals surface area (Å²) in [6.45, 7) is 4.65. The molecule has 0 spiro atoms. The van der Waals surface area contributed by atoms with Gasteiger partial charge in [0.2, 0.25) is 0 Å². The van der Waals surface area contributed by atoms with E-state index in [0.717, 1.165) is 24.7 Å². The normalized spacial score (nSPS) is 37.9. The van der Waals surface area contributed by atoms with E-state index in [1.807, 2.05) is 6.08 Å². The Bertz CT molecular complexity index is 289. The van der Waals surface area contributed by atoms with Gasteiger partial charge in [0.25, 0.3) is 0 Å².